The van der Waals surface area contributed by atoms with Crippen LogP contribution < -0.4 is 10.0 Å². The number of thiophene rings is 1. The van der Waals surface area contributed by atoms with Gasteiger partial charge in [-0.3, -0.25) is 4.79 Å². The van der Waals surface area contributed by atoms with Gasteiger partial charge in [0, 0.05) is 10.4 Å². The van der Waals surface area contributed by atoms with Gasteiger partial charge < -0.3 is 5.32 Å². The van der Waals surface area contributed by atoms with Crippen molar-refractivity contribution in [3.63, 3.8) is 0 Å². The maximum Gasteiger partial charge on any atom is 0.251 e. The lowest BCUT2D eigenvalue weighted by atomic mass is 9.96. The first-order chi connectivity index (χ1) is 12.8. The minimum atomic E-state index is -3.62. The molecule has 3 rings (SSSR count). The fourth-order valence-corrected chi connectivity index (χ4v) is 5.69. The summed E-state index contributed by atoms with van der Waals surface area (Å²) in [6.45, 7) is 3.59. The lowest BCUT2D eigenvalue weighted by molar-refractivity contribution is 0.0922. The molecule has 1 unspecified atom stereocenters. The van der Waals surface area contributed by atoms with Gasteiger partial charge in [-0.05, 0) is 74.4 Å². The molecule has 146 valence electrons. The van der Waals surface area contributed by atoms with Crippen LogP contribution in [0, 0.1) is 19.8 Å². The highest BCUT2D eigenvalue weighted by molar-refractivity contribution is 7.89. The monoisotopic (exact) mass is 406 g/mol. The van der Waals surface area contributed by atoms with Crippen molar-refractivity contribution in [1.29, 1.82) is 0 Å². The summed E-state index contributed by atoms with van der Waals surface area (Å²) in [6, 6.07) is 7.28. The minimum absolute atomic E-state index is 0.0223. The Kier molecular flexibility index (Phi) is 6.03. The molecule has 5 nitrogen and oxygen atoms in total. The van der Waals surface area contributed by atoms with E-state index in [4.69, 9.17) is 0 Å². The Labute approximate surface area is 165 Å². The number of amides is 1. The first-order valence-electron chi connectivity index (χ1n) is 9.22. The molecule has 1 aliphatic carbocycles. The highest BCUT2D eigenvalue weighted by Gasteiger charge is 2.29. The molecule has 2 N–H and O–H groups in total. The minimum Gasteiger partial charge on any atom is -0.344 e. The average molecular weight is 407 g/mol. The number of rotatable bonds is 6. The first-order valence-corrected chi connectivity index (χ1v) is 11.6. The van der Waals surface area contributed by atoms with Crippen LogP contribution in [0.15, 0.2) is 34.5 Å². The van der Waals surface area contributed by atoms with Crippen LogP contribution in [0.25, 0.3) is 0 Å². The molecule has 0 saturated heterocycles. The van der Waals surface area contributed by atoms with Crippen LogP contribution >= 0.6 is 11.3 Å². The van der Waals surface area contributed by atoms with Crippen LogP contribution in [0.3, 0.4) is 0 Å². The Morgan fingerprint density at radius 3 is 2.52 bits per heavy atom. The molecule has 0 aliphatic heterocycles. The molecule has 0 spiro atoms. The van der Waals surface area contributed by atoms with Gasteiger partial charge in [-0.15, -0.1) is 11.3 Å². The van der Waals surface area contributed by atoms with Crippen molar-refractivity contribution in [3.05, 3.63) is 51.2 Å². The molecule has 2 aromatic rings. The third kappa shape index (κ3) is 4.25. The van der Waals surface area contributed by atoms with Crippen LogP contribution in [0.5, 0.6) is 0 Å². The standard InChI is InChI=1S/C20H26N2O3S2/c1-13-11-16(12-18(14(13)2)27(24,25)21-3)20(23)22-19(15-7-4-5-8-15)17-9-6-10-26-17/h6,9-12,15,19,21H,4-5,7-8H2,1-3H3,(H,22,23). The number of nitrogens with one attached hydrogen (secondary N) is 2. The highest BCUT2D eigenvalue weighted by Crippen LogP contribution is 2.37. The van der Waals surface area contributed by atoms with Crippen LogP contribution in [0.2, 0.25) is 0 Å². The van der Waals surface area contributed by atoms with Crippen molar-refractivity contribution in [3.8, 4) is 0 Å². The molecule has 0 bridgehead atoms. The number of aryl methyl sites for hydroxylation is 1. The molecule has 7 heteroatoms. The molecular formula is C20H26N2O3S2. The molecule has 1 atom stereocenters. The van der Waals surface area contributed by atoms with Crippen LogP contribution in [-0.2, 0) is 10.0 Å². The van der Waals surface area contributed by atoms with Crippen molar-refractivity contribution in [2.24, 2.45) is 5.92 Å². The molecular weight excluding hydrogens is 380 g/mol. The number of benzene rings is 1. The second-order valence-electron chi connectivity index (χ2n) is 7.13. The third-order valence-electron chi connectivity index (χ3n) is 5.45. The van der Waals surface area contributed by atoms with E-state index < -0.39 is 10.0 Å². The van der Waals surface area contributed by atoms with Crippen molar-refractivity contribution in [2.75, 3.05) is 7.05 Å². The summed E-state index contributed by atoms with van der Waals surface area (Å²) in [5, 5.41) is 5.20. The Hall–Kier alpha value is -1.70. The Balaban J connectivity index is 1.93. The van der Waals surface area contributed by atoms with Gasteiger partial charge in [0.2, 0.25) is 10.0 Å². The number of carbonyl (C=O) groups is 1. The van der Waals surface area contributed by atoms with Gasteiger partial charge in [0.05, 0.1) is 10.9 Å². The predicted octanol–water partition coefficient (Wildman–Crippen LogP) is 3.93. The Bertz CT molecular complexity index is 915. The Morgan fingerprint density at radius 1 is 1.22 bits per heavy atom. The van der Waals surface area contributed by atoms with E-state index in [1.165, 1.54) is 26.0 Å². The van der Waals surface area contributed by atoms with Crippen molar-refractivity contribution < 1.29 is 13.2 Å². The number of carbonyl (C=O) groups excluding carboxylic acids is 1. The lowest BCUT2D eigenvalue weighted by Gasteiger charge is -2.24. The molecule has 1 fully saturated rings. The molecule has 1 aromatic carbocycles. The number of sulfonamides is 1. The van der Waals surface area contributed by atoms with Crippen molar-refractivity contribution in [1.82, 2.24) is 10.0 Å². The van der Waals surface area contributed by atoms with Crippen molar-refractivity contribution >= 4 is 27.3 Å². The summed E-state index contributed by atoms with van der Waals surface area (Å²) in [5.41, 5.74) is 1.82. The zero-order valence-corrected chi connectivity index (χ0v) is 17.5. The predicted molar refractivity (Wildman–Crippen MR) is 109 cm³/mol. The van der Waals surface area contributed by atoms with Gasteiger partial charge in [-0.25, -0.2) is 13.1 Å². The molecule has 27 heavy (non-hydrogen) atoms. The van der Waals surface area contributed by atoms with E-state index in [0.717, 1.165) is 23.3 Å². The quantitative estimate of drug-likeness (QED) is 0.763. The third-order valence-corrected chi connectivity index (χ3v) is 7.94. The lowest BCUT2D eigenvalue weighted by Crippen LogP contribution is -2.32. The zero-order chi connectivity index (χ0) is 19.6. The second kappa shape index (κ2) is 8.12. The van der Waals surface area contributed by atoms with Gasteiger partial charge in [0.15, 0.2) is 0 Å². The van der Waals surface area contributed by atoms with Crippen LogP contribution in [0.4, 0.5) is 0 Å². The molecule has 1 amide bonds. The summed E-state index contributed by atoms with van der Waals surface area (Å²) in [7, 11) is -2.24. The molecule has 1 heterocycles. The van der Waals surface area contributed by atoms with Gasteiger partial charge >= 0.3 is 0 Å². The van der Waals surface area contributed by atoms with Gasteiger partial charge in [0.1, 0.15) is 0 Å². The highest BCUT2D eigenvalue weighted by atomic mass is 32.2. The first kappa shape index (κ1) is 20.0. The van der Waals surface area contributed by atoms with Gasteiger partial charge in [0.25, 0.3) is 5.91 Å². The fraction of sp³-hybridized carbons (Fsp3) is 0.450. The van der Waals surface area contributed by atoms with Gasteiger partial charge in [-0.1, -0.05) is 18.9 Å². The summed E-state index contributed by atoms with van der Waals surface area (Å²) in [4.78, 5) is 14.3. The van der Waals surface area contributed by atoms with E-state index in [1.54, 1.807) is 24.3 Å². The van der Waals surface area contributed by atoms with Crippen molar-refractivity contribution in [2.45, 2.75) is 50.5 Å². The van der Waals surface area contributed by atoms with Crippen LogP contribution in [0.1, 0.15) is 58.1 Å². The summed E-state index contributed by atoms with van der Waals surface area (Å²) >= 11 is 1.65. The SMILES string of the molecule is CNS(=O)(=O)c1cc(C(=O)NC(c2cccs2)C2CCCC2)cc(C)c1C. The molecule has 1 aromatic heterocycles. The van der Waals surface area contributed by atoms with E-state index in [1.807, 2.05) is 18.4 Å². The molecule has 0 radical (unpaired) electrons. The summed E-state index contributed by atoms with van der Waals surface area (Å²) in [6.07, 6.45) is 4.59. The van der Waals surface area contributed by atoms with Gasteiger partial charge in [-0.2, -0.15) is 0 Å². The zero-order valence-electron chi connectivity index (χ0n) is 15.9. The average Bonchev–Trinajstić information content (AvgIpc) is 3.35. The molecule has 1 aliphatic rings. The topological polar surface area (TPSA) is 75.3 Å². The van der Waals surface area contributed by atoms with E-state index in [0.29, 0.717) is 17.0 Å². The molecule has 1 saturated carbocycles. The summed E-state index contributed by atoms with van der Waals surface area (Å²) in [5.74, 6) is 0.204. The smallest absolute Gasteiger partial charge is 0.251 e. The summed E-state index contributed by atoms with van der Waals surface area (Å²) < 4.78 is 27.0. The second-order valence-corrected chi connectivity index (χ2v) is 9.97. The van der Waals surface area contributed by atoms with E-state index in [-0.39, 0.29) is 16.8 Å². The van der Waals surface area contributed by atoms with Crippen LogP contribution in [-0.4, -0.2) is 21.4 Å². The maximum absolute atomic E-state index is 13.0. The van der Waals surface area contributed by atoms with E-state index in [9.17, 15) is 13.2 Å². The Morgan fingerprint density at radius 2 is 1.93 bits per heavy atom. The van der Waals surface area contributed by atoms with E-state index in [2.05, 4.69) is 16.1 Å². The normalized spacial score (nSPS) is 16.4. The maximum atomic E-state index is 13.0. The largest absolute Gasteiger partial charge is 0.344 e. The number of hydrogen-bond donors (Lipinski definition) is 2. The fourth-order valence-electron chi connectivity index (χ4n) is 3.75. The number of hydrogen-bond acceptors (Lipinski definition) is 4. The van der Waals surface area contributed by atoms with E-state index >= 15 is 0 Å².